The van der Waals surface area contributed by atoms with Gasteiger partial charge in [0.05, 0.1) is 0 Å². The fraction of sp³-hybridized carbons (Fsp3) is 0.800. The Balaban J connectivity index is -0.000000150. The quantitative estimate of drug-likeness (QED) is 0.651. The summed E-state index contributed by atoms with van der Waals surface area (Å²) in [6.07, 6.45) is 1.06. The molecule has 0 amide bonds. The molecule has 0 spiro atoms. The van der Waals surface area contributed by atoms with Gasteiger partial charge in [-0.15, -0.1) is 0 Å². The van der Waals surface area contributed by atoms with Crippen molar-refractivity contribution >= 4 is 5.97 Å². The van der Waals surface area contributed by atoms with Gasteiger partial charge in [0.15, 0.2) is 0 Å². The Morgan fingerprint density at radius 1 is 1.38 bits per heavy atom. The van der Waals surface area contributed by atoms with Crippen LogP contribution in [0.1, 0.15) is 41.0 Å². The van der Waals surface area contributed by atoms with Crippen molar-refractivity contribution in [3.63, 3.8) is 0 Å². The minimum Gasteiger partial charge on any atom is -0.550 e. The molecule has 0 aromatic carbocycles. The second-order valence-corrected chi connectivity index (χ2v) is 4.22. The molecule has 0 N–H and O–H groups in total. The molecular formula is C10H20O2Zn-. The molecule has 0 saturated carbocycles. The van der Waals surface area contributed by atoms with Crippen molar-refractivity contribution in [1.29, 1.82) is 0 Å². The van der Waals surface area contributed by atoms with Crippen molar-refractivity contribution in [2.24, 2.45) is 11.3 Å². The van der Waals surface area contributed by atoms with Crippen molar-refractivity contribution in [3.05, 3.63) is 6.92 Å². The monoisotopic (exact) mass is 236 g/mol. The van der Waals surface area contributed by atoms with Gasteiger partial charge in [-0.3, -0.25) is 0 Å². The van der Waals surface area contributed by atoms with Crippen molar-refractivity contribution < 1.29 is 29.4 Å². The number of carbonyl (C=O) groups is 1. The molecule has 13 heavy (non-hydrogen) atoms. The summed E-state index contributed by atoms with van der Waals surface area (Å²) in [5.41, 5.74) is -0.694. The number of hydrogen-bond acceptors (Lipinski definition) is 2. The number of carboxylic acid groups (broad SMARTS) is 1. The number of hydrogen-bond donors (Lipinski definition) is 0. The van der Waals surface area contributed by atoms with Gasteiger partial charge in [0.25, 0.3) is 0 Å². The van der Waals surface area contributed by atoms with E-state index in [0.29, 0.717) is 0 Å². The number of rotatable bonds is 1. The van der Waals surface area contributed by atoms with Crippen molar-refractivity contribution in [2.75, 3.05) is 0 Å². The molecule has 0 aliphatic heterocycles. The normalized spacial score (nSPS) is 9.77. The van der Waals surface area contributed by atoms with Crippen LogP contribution in [0.5, 0.6) is 0 Å². The summed E-state index contributed by atoms with van der Waals surface area (Å²) < 4.78 is 0. The first-order valence-electron chi connectivity index (χ1n) is 4.22. The number of aliphatic carboxylic acids is 1. The maximum Gasteiger partial charge on any atom is 0.0467 e. The third-order valence-electron chi connectivity index (χ3n) is 1.19. The Labute approximate surface area is 94.9 Å². The van der Waals surface area contributed by atoms with Crippen LogP contribution >= 0.6 is 0 Å². The van der Waals surface area contributed by atoms with Crippen LogP contribution in [0.2, 0.25) is 0 Å². The summed E-state index contributed by atoms with van der Waals surface area (Å²) in [5, 5.41) is 9.91. The molecule has 0 atom stereocenters. The average Bonchev–Trinajstić information content (AvgIpc) is 1.87. The van der Waals surface area contributed by atoms with Gasteiger partial charge in [-0.2, -0.15) is 0 Å². The van der Waals surface area contributed by atoms with Crippen molar-refractivity contribution in [3.8, 4) is 0 Å². The van der Waals surface area contributed by atoms with E-state index in [9.17, 15) is 9.90 Å². The summed E-state index contributed by atoms with van der Waals surface area (Å²) in [6, 6.07) is 0. The van der Waals surface area contributed by atoms with E-state index in [1.807, 2.05) is 0 Å². The third-order valence-corrected chi connectivity index (χ3v) is 1.19. The van der Waals surface area contributed by atoms with E-state index in [2.05, 4.69) is 20.8 Å². The fourth-order valence-electron chi connectivity index (χ4n) is 0. The van der Waals surface area contributed by atoms with Gasteiger partial charge >= 0.3 is 0 Å². The average molecular weight is 238 g/mol. The summed E-state index contributed by atoms with van der Waals surface area (Å²) >= 11 is 0. The van der Waals surface area contributed by atoms with Gasteiger partial charge < -0.3 is 9.90 Å². The topological polar surface area (TPSA) is 40.1 Å². The zero-order valence-corrected chi connectivity index (χ0v) is 12.5. The number of carbonyl (C=O) groups excluding carboxylic acids is 1. The SMILES string of the molecule is CC(C)(C)C(=O)[O-].[CH2]CC(C)C.[Zn]. The van der Waals surface area contributed by atoms with Crippen molar-refractivity contribution in [1.82, 2.24) is 0 Å². The van der Waals surface area contributed by atoms with Gasteiger partial charge in [0.1, 0.15) is 0 Å². The first-order valence-corrected chi connectivity index (χ1v) is 4.22. The summed E-state index contributed by atoms with van der Waals surface area (Å²) in [6.45, 7) is 12.8. The molecule has 0 aromatic rings. The Kier molecular flexibility index (Phi) is 12.6. The van der Waals surface area contributed by atoms with E-state index < -0.39 is 11.4 Å². The smallest absolute Gasteiger partial charge is 0.0467 e. The van der Waals surface area contributed by atoms with E-state index in [4.69, 9.17) is 0 Å². The van der Waals surface area contributed by atoms with E-state index in [1.165, 1.54) is 0 Å². The van der Waals surface area contributed by atoms with Crippen LogP contribution in [0.15, 0.2) is 0 Å². The molecular weight excluding hydrogens is 217 g/mol. The minimum absolute atomic E-state index is 0. The molecule has 0 aliphatic carbocycles. The van der Waals surface area contributed by atoms with Gasteiger partial charge in [0, 0.05) is 30.9 Å². The van der Waals surface area contributed by atoms with Crippen LogP contribution in [0.25, 0.3) is 0 Å². The van der Waals surface area contributed by atoms with Crippen LogP contribution in [-0.2, 0) is 24.3 Å². The van der Waals surface area contributed by atoms with Gasteiger partial charge in [-0.05, 0) is 5.92 Å². The van der Waals surface area contributed by atoms with E-state index in [0.717, 1.165) is 12.3 Å². The minimum atomic E-state index is -1.01. The molecule has 0 bridgehead atoms. The summed E-state index contributed by atoms with van der Waals surface area (Å²) in [4.78, 5) is 9.91. The zero-order valence-electron chi connectivity index (χ0n) is 9.52. The maximum atomic E-state index is 9.91. The Morgan fingerprint density at radius 2 is 1.54 bits per heavy atom. The molecule has 2 nitrogen and oxygen atoms in total. The molecule has 0 saturated heterocycles. The zero-order chi connectivity index (χ0) is 10.4. The molecule has 0 fully saturated rings. The molecule has 0 rings (SSSR count). The van der Waals surface area contributed by atoms with Crippen molar-refractivity contribution in [2.45, 2.75) is 41.0 Å². The second-order valence-electron chi connectivity index (χ2n) is 4.22. The third kappa shape index (κ3) is 18.8. The standard InChI is InChI=1S/C5H10O2.C5H11.Zn/c1-5(2,3)4(6)7;1-4-5(2)3;/h1-3H3,(H,6,7);5H,1,4H2,2-3H3;/p-1. The van der Waals surface area contributed by atoms with E-state index in [-0.39, 0.29) is 19.5 Å². The number of carboxylic acids is 1. The predicted octanol–water partition coefficient (Wildman–Crippen LogP) is 1.65. The van der Waals surface area contributed by atoms with Gasteiger partial charge in [-0.1, -0.05) is 48.0 Å². The first kappa shape index (κ1) is 18.8. The largest absolute Gasteiger partial charge is 0.550 e. The maximum absolute atomic E-state index is 9.91. The fourth-order valence-corrected chi connectivity index (χ4v) is 0. The Morgan fingerprint density at radius 3 is 1.54 bits per heavy atom. The first-order chi connectivity index (χ1) is 5.21. The van der Waals surface area contributed by atoms with Crippen LogP contribution < -0.4 is 5.11 Å². The Bertz CT molecular complexity index is 125. The van der Waals surface area contributed by atoms with E-state index in [1.54, 1.807) is 20.8 Å². The van der Waals surface area contributed by atoms with Crippen LogP contribution in [0.3, 0.4) is 0 Å². The molecule has 3 heteroatoms. The predicted molar refractivity (Wildman–Crippen MR) is 49.3 cm³/mol. The molecule has 0 heterocycles. The second kappa shape index (κ2) is 8.68. The molecule has 0 unspecified atom stereocenters. The molecule has 75 valence electrons. The molecule has 0 aromatic heterocycles. The molecule has 0 aliphatic rings. The van der Waals surface area contributed by atoms with Gasteiger partial charge in [0.2, 0.25) is 0 Å². The van der Waals surface area contributed by atoms with Crippen LogP contribution in [-0.4, -0.2) is 5.97 Å². The Hall–Kier alpha value is 0.0934. The van der Waals surface area contributed by atoms with Gasteiger partial charge in [-0.25, -0.2) is 0 Å². The summed E-state index contributed by atoms with van der Waals surface area (Å²) in [7, 11) is 0. The van der Waals surface area contributed by atoms with Crippen LogP contribution in [0.4, 0.5) is 0 Å². The van der Waals surface area contributed by atoms with E-state index >= 15 is 0 Å². The van der Waals surface area contributed by atoms with Crippen LogP contribution in [0, 0.1) is 18.3 Å². The molecule has 1 radical (unpaired) electrons. The summed E-state index contributed by atoms with van der Waals surface area (Å²) in [5.74, 6) is -0.234.